The Kier molecular flexibility index (Phi) is 5.27. The van der Waals surface area contributed by atoms with Crippen LogP contribution >= 0.6 is 0 Å². The molecule has 0 aliphatic carbocycles. The minimum Gasteiger partial charge on any atom is -0.444 e. The Morgan fingerprint density at radius 2 is 1.90 bits per heavy atom. The molecule has 2 aliphatic heterocycles. The van der Waals surface area contributed by atoms with Crippen molar-refractivity contribution < 1.29 is 9.53 Å². The molecule has 2 heterocycles. The third-order valence-electron chi connectivity index (χ3n) is 4.18. The summed E-state index contributed by atoms with van der Waals surface area (Å²) in [5, 5.41) is 9.93. The van der Waals surface area contributed by atoms with Gasteiger partial charge in [0.25, 0.3) is 0 Å². The van der Waals surface area contributed by atoms with E-state index in [1.54, 1.807) is 0 Å². The molecule has 0 aromatic carbocycles. The van der Waals surface area contributed by atoms with Gasteiger partial charge in [0.2, 0.25) is 0 Å². The van der Waals surface area contributed by atoms with Gasteiger partial charge in [0, 0.05) is 12.6 Å². The first-order valence-electron chi connectivity index (χ1n) is 7.86. The molecule has 0 aromatic rings. The molecule has 116 valence electrons. The van der Waals surface area contributed by atoms with Crippen LogP contribution in [0.3, 0.4) is 0 Å². The van der Waals surface area contributed by atoms with Crippen molar-refractivity contribution >= 4 is 6.09 Å². The summed E-state index contributed by atoms with van der Waals surface area (Å²) < 4.78 is 5.38. The van der Waals surface area contributed by atoms with Crippen LogP contribution in [0.15, 0.2) is 0 Å². The van der Waals surface area contributed by atoms with Gasteiger partial charge in [0.15, 0.2) is 0 Å². The number of nitrogens with one attached hydrogen (secondary N) is 3. The lowest BCUT2D eigenvalue weighted by Crippen LogP contribution is -2.55. The second-order valence-corrected chi connectivity index (χ2v) is 7.02. The van der Waals surface area contributed by atoms with Crippen LogP contribution in [0.4, 0.5) is 4.79 Å². The molecule has 0 aromatic heterocycles. The highest BCUT2D eigenvalue weighted by atomic mass is 16.6. The quantitative estimate of drug-likeness (QED) is 0.718. The summed E-state index contributed by atoms with van der Waals surface area (Å²) in [5.74, 6) is 1.22. The Bertz CT molecular complexity index is 322. The van der Waals surface area contributed by atoms with Crippen LogP contribution in [-0.4, -0.2) is 43.9 Å². The molecule has 1 amide bonds. The van der Waals surface area contributed by atoms with Crippen molar-refractivity contribution in [1.82, 2.24) is 16.0 Å². The summed E-state index contributed by atoms with van der Waals surface area (Å²) in [6.45, 7) is 9.80. The molecule has 2 aliphatic rings. The minimum atomic E-state index is -0.436. The number of carbonyl (C=O) groups excluding carboxylic acids is 1. The molecule has 3 N–H and O–H groups in total. The summed E-state index contributed by atoms with van der Waals surface area (Å²) in [5.41, 5.74) is -0.436. The van der Waals surface area contributed by atoms with E-state index in [1.165, 1.54) is 12.8 Å². The molecule has 0 radical (unpaired) electrons. The first-order chi connectivity index (χ1) is 9.46. The molecule has 20 heavy (non-hydrogen) atoms. The molecular formula is C15H29N3O2. The molecule has 2 saturated heterocycles. The number of hydrogen-bond acceptors (Lipinski definition) is 4. The van der Waals surface area contributed by atoms with Crippen LogP contribution in [0, 0.1) is 11.8 Å². The van der Waals surface area contributed by atoms with Gasteiger partial charge < -0.3 is 20.7 Å². The predicted octanol–water partition coefficient (Wildman–Crippen LogP) is 1.49. The normalized spacial score (nSPS) is 31.6. The van der Waals surface area contributed by atoms with Crippen molar-refractivity contribution in [3.63, 3.8) is 0 Å². The second kappa shape index (κ2) is 6.76. The third kappa shape index (κ3) is 4.63. The van der Waals surface area contributed by atoms with Gasteiger partial charge in [-0.3, -0.25) is 0 Å². The number of piperidine rings is 2. The lowest BCUT2D eigenvalue weighted by atomic mass is 9.78. The smallest absolute Gasteiger partial charge is 0.407 e. The Morgan fingerprint density at radius 3 is 2.55 bits per heavy atom. The second-order valence-electron chi connectivity index (χ2n) is 7.02. The summed E-state index contributed by atoms with van der Waals surface area (Å²) in [6.07, 6.45) is 3.35. The number of amides is 1. The monoisotopic (exact) mass is 283 g/mol. The van der Waals surface area contributed by atoms with Gasteiger partial charge >= 0.3 is 6.09 Å². The number of hydrogen-bond donors (Lipinski definition) is 3. The molecular weight excluding hydrogens is 254 g/mol. The molecule has 0 spiro atoms. The van der Waals surface area contributed by atoms with Gasteiger partial charge in [-0.25, -0.2) is 4.79 Å². The lowest BCUT2D eigenvalue weighted by molar-refractivity contribution is 0.0449. The number of carbonyl (C=O) groups is 1. The van der Waals surface area contributed by atoms with Gasteiger partial charge in [-0.05, 0) is 71.5 Å². The molecule has 2 rings (SSSR count). The average molecular weight is 283 g/mol. The van der Waals surface area contributed by atoms with Gasteiger partial charge in [0.1, 0.15) is 5.60 Å². The maximum atomic E-state index is 12.0. The third-order valence-corrected chi connectivity index (χ3v) is 4.18. The van der Waals surface area contributed by atoms with E-state index in [9.17, 15) is 4.79 Å². The standard InChI is InChI=1S/C15H29N3O2/c1-15(2,3)20-14(19)18-13-10-17-8-6-12(13)11-5-4-7-16-9-11/h11-13,16-17H,4-10H2,1-3H3,(H,18,19). The predicted molar refractivity (Wildman–Crippen MR) is 79.7 cm³/mol. The van der Waals surface area contributed by atoms with E-state index in [1.807, 2.05) is 20.8 Å². The van der Waals surface area contributed by atoms with E-state index in [-0.39, 0.29) is 12.1 Å². The van der Waals surface area contributed by atoms with Crippen LogP contribution in [0.1, 0.15) is 40.0 Å². The molecule has 3 unspecified atom stereocenters. The van der Waals surface area contributed by atoms with Crippen LogP contribution in [0.5, 0.6) is 0 Å². The van der Waals surface area contributed by atoms with Crippen LogP contribution in [0.25, 0.3) is 0 Å². The first-order valence-corrected chi connectivity index (χ1v) is 7.86. The van der Waals surface area contributed by atoms with Gasteiger partial charge in [-0.15, -0.1) is 0 Å². The van der Waals surface area contributed by atoms with Crippen molar-refractivity contribution in [3.05, 3.63) is 0 Å². The van der Waals surface area contributed by atoms with Crippen molar-refractivity contribution in [2.75, 3.05) is 26.2 Å². The van der Waals surface area contributed by atoms with Crippen LogP contribution in [0.2, 0.25) is 0 Å². The number of alkyl carbamates (subject to hydrolysis) is 1. The first kappa shape index (κ1) is 15.6. The maximum absolute atomic E-state index is 12.0. The van der Waals surface area contributed by atoms with Crippen molar-refractivity contribution in [3.8, 4) is 0 Å². The van der Waals surface area contributed by atoms with Crippen LogP contribution in [-0.2, 0) is 4.74 Å². The molecule has 0 saturated carbocycles. The van der Waals surface area contributed by atoms with Crippen LogP contribution < -0.4 is 16.0 Å². The highest BCUT2D eigenvalue weighted by molar-refractivity contribution is 5.68. The topological polar surface area (TPSA) is 62.4 Å². The molecule has 2 fully saturated rings. The van der Waals surface area contributed by atoms with Crippen molar-refractivity contribution in [2.45, 2.75) is 51.7 Å². The van der Waals surface area contributed by atoms with E-state index < -0.39 is 5.60 Å². The van der Waals surface area contributed by atoms with Gasteiger partial charge in [-0.1, -0.05) is 0 Å². The van der Waals surface area contributed by atoms with Gasteiger partial charge in [-0.2, -0.15) is 0 Å². The summed E-state index contributed by atoms with van der Waals surface area (Å²) in [6, 6.07) is 0.184. The minimum absolute atomic E-state index is 0.184. The fraction of sp³-hybridized carbons (Fsp3) is 0.933. The summed E-state index contributed by atoms with van der Waals surface area (Å²) in [7, 11) is 0. The van der Waals surface area contributed by atoms with E-state index in [4.69, 9.17) is 4.74 Å². The highest BCUT2D eigenvalue weighted by Gasteiger charge is 2.34. The lowest BCUT2D eigenvalue weighted by Gasteiger charge is -2.39. The van der Waals surface area contributed by atoms with Crippen molar-refractivity contribution in [2.24, 2.45) is 11.8 Å². The molecule has 3 atom stereocenters. The Balaban J connectivity index is 1.91. The Morgan fingerprint density at radius 1 is 1.15 bits per heavy atom. The Hall–Kier alpha value is -0.810. The highest BCUT2D eigenvalue weighted by Crippen LogP contribution is 2.27. The van der Waals surface area contributed by atoms with E-state index in [2.05, 4.69) is 16.0 Å². The Labute approximate surface area is 122 Å². The maximum Gasteiger partial charge on any atom is 0.407 e. The molecule has 5 nitrogen and oxygen atoms in total. The zero-order valence-electron chi connectivity index (χ0n) is 13.0. The molecule has 5 heteroatoms. The largest absolute Gasteiger partial charge is 0.444 e. The summed E-state index contributed by atoms with van der Waals surface area (Å²) in [4.78, 5) is 12.0. The fourth-order valence-electron chi connectivity index (χ4n) is 3.30. The van der Waals surface area contributed by atoms with Gasteiger partial charge in [0.05, 0.1) is 0 Å². The number of rotatable bonds is 2. The molecule has 0 bridgehead atoms. The zero-order valence-corrected chi connectivity index (χ0v) is 13.0. The van der Waals surface area contributed by atoms with Crippen molar-refractivity contribution in [1.29, 1.82) is 0 Å². The average Bonchev–Trinajstić information content (AvgIpc) is 2.38. The number of ether oxygens (including phenoxy) is 1. The SMILES string of the molecule is CC(C)(C)OC(=O)NC1CNCCC1C1CCCNC1. The van der Waals surface area contributed by atoms with E-state index >= 15 is 0 Å². The van der Waals surface area contributed by atoms with E-state index in [0.717, 1.165) is 32.6 Å². The van der Waals surface area contributed by atoms with E-state index in [0.29, 0.717) is 11.8 Å². The summed E-state index contributed by atoms with van der Waals surface area (Å²) >= 11 is 0. The zero-order chi connectivity index (χ0) is 14.6. The fourth-order valence-corrected chi connectivity index (χ4v) is 3.30.